The van der Waals surface area contributed by atoms with Crippen LogP contribution in [0.15, 0.2) is 0 Å². The van der Waals surface area contributed by atoms with Gasteiger partial charge in [0, 0.05) is 72.6 Å². The molecule has 4 saturated heterocycles. The van der Waals surface area contributed by atoms with Crippen LogP contribution >= 0.6 is 0 Å². The summed E-state index contributed by atoms with van der Waals surface area (Å²) in [6, 6.07) is 0. The average Bonchev–Trinajstić information content (AvgIpc) is 3.21. The Balaban J connectivity index is -0.000000753. The molecule has 4 fully saturated rings. The van der Waals surface area contributed by atoms with Crippen LogP contribution in [-0.2, 0) is 14.2 Å². The second kappa shape index (κ2) is 39.0. The first-order valence-corrected chi connectivity index (χ1v) is 24.9. The fraction of sp³-hybridized carbons (Fsp3) is 0.939. The highest BCUT2D eigenvalue weighted by Crippen LogP contribution is 2.17. The van der Waals surface area contributed by atoms with Gasteiger partial charge in [-0.1, -0.05) is 0 Å². The first kappa shape index (κ1) is 70.6. The van der Waals surface area contributed by atoms with Crippen LogP contribution in [0.3, 0.4) is 0 Å². The maximum atomic E-state index is 11.6. The number of nitrogens with zero attached hydrogens (tertiary/aromatic N) is 7. The third kappa shape index (κ3) is 47.5. The summed E-state index contributed by atoms with van der Waals surface area (Å²) in [6.45, 7) is 25.4. The Morgan fingerprint density at radius 1 is 0.478 bits per heavy atom. The van der Waals surface area contributed by atoms with Gasteiger partial charge in [-0.2, -0.15) is 0 Å². The van der Waals surface area contributed by atoms with E-state index in [0.29, 0.717) is 52.2 Å². The molecule has 0 spiro atoms. The summed E-state index contributed by atoms with van der Waals surface area (Å²) in [5, 5.41) is 61.7. The Kier molecular flexibility index (Phi) is 39.9. The zero-order chi connectivity index (χ0) is 54.0. The lowest BCUT2D eigenvalue weighted by Gasteiger charge is -2.32. The van der Waals surface area contributed by atoms with Crippen molar-refractivity contribution in [1.29, 1.82) is 0 Å². The van der Waals surface area contributed by atoms with Crippen molar-refractivity contribution in [2.24, 2.45) is 0 Å². The molecule has 4 aliphatic heterocycles. The van der Waals surface area contributed by atoms with Crippen molar-refractivity contribution in [3.8, 4) is 0 Å². The fourth-order valence-electron chi connectivity index (χ4n) is 6.12. The lowest BCUT2D eigenvalue weighted by Crippen LogP contribution is -2.44. The minimum atomic E-state index is -0.471. The maximum absolute atomic E-state index is 11.6. The average molecular weight is 1000 g/mol. The summed E-state index contributed by atoms with van der Waals surface area (Å²) >= 11 is 0. The highest BCUT2D eigenvalue weighted by atomic mass is 16.6. The number of ether oxygens (including phenoxy) is 3. The second-order valence-electron chi connectivity index (χ2n) is 21.5. The van der Waals surface area contributed by atoms with Crippen molar-refractivity contribution >= 4 is 18.3 Å². The van der Waals surface area contributed by atoms with Crippen molar-refractivity contribution in [3.05, 3.63) is 0 Å². The molecule has 4 heterocycles. The Hall–Kier alpha value is -2.63. The molecule has 4 aliphatic rings. The van der Waals surface area contributed by atoms with E-state index in [2.05, 4.69) is 21.7 Å². The minimum absolute atomic E-state index is 0.0220. The molecule has 7 N–H and O–H groups in total. The van der Waals surface area contributed by atoms with E-state index in [0.717, 1.165) is 84.2 Å². The quantitative estimate of drug-likeness (QED) is 0.181. The number of aliphatic hydroxyl groups is 7. The van der Waals surface area contributed by atoms with Gasteiger partial charge in [-0.25, -0.2) is 14.4 Å². The maximum Gasteiger partial charge on any atom is 0.410 e. The summed E-state index contributed by atoms with van der Waals surface area (Å²) < 4.78 is 15.4. The van der Waals surface area contributed by atoms with E-state index < -0.39 is 29.0 Å². The van der Waals surface area contributed by atoms with Crippen LogP contribution in [0.5, 0.6) is 0 Å². The van der Waals surface area contributed by atoms with Gasteiger partial charge in [-0.3, -0.25) is 0 Å². The van der Waals surface area contributed by atoms with Crippen LogP contribution < -0.4 is 0 Å². The number of amides is 3. The van der Waals surface area contributed by atoms with Gasteiger partial charge in [0.05, 0.1) is 37.6 Å². The molecular weight excluding hydrogens is 895 g/mol. The van der Waals surface area contributed by atoms with Crippen molar-refractivity contribution in [1.82, 2.24) is 34.3 Å². The number of likely N-dealkylation sites (tertiary alicyclic amines) is 4. The molecule has 20 nitrogen and oxygen atoms in total. The van der Waals surface area contributed by atoms with Crippen LogP contribution in [0.2, 0.25) is 0 Å². The minimum Gasteiger partial charge on any atom is -0.444 e. The predicted octanol–water partition coefficient (Wildman–Crippen LogP) is 3.22. The molecular formula is C49H105N7O13. The van der Waals surface area contributed by atoms with Gasteiger partial charge in [0.15, 0.2) is 0 Å². The molecule has 4 rings (SSSR count). The molecule has 3 amide bonds. The lowest BCUT2D eigenvalue weighted by molar-refractivity contribution is 0.00380. The monoisotopic (exact) mass is 1000 g/mol. The van der Waals surface area contributed by atoms with E-state index >= 15 is 0 Å². The van der Waals surface area contributed by atoms with E-state index in [1.165, 1.54) is 4.90 Å². The second-order valence-corrected chi connectivity index (χ2v) is 21.5. The van der Waals surface area contributed by atoms with Gasteiger partial charge in [-0.05, 0) is 175 Å². The smallest absolute Gasteiger partial charge is 0.410 e. The molecule has 2 atom stereocenters. The van der Waals surface area contributed by atoms with E-state index in [9.17, 15) is 24.6 Å². The van der Waals surface area contributed by atoms with E-state index in [1.54, 1.807) is 37.6 Å². The number of rotatable bonds is 7. The predicted molar refractivity (Wildman–Crippen MR) is 273 cm³/mol. The molecule has 69 heavy (non-hydrogen) atoms. The topological polar surface area (TPSA) is 243 Å². The zero-order valence-corrected chi connectivity index (χ0v) is 46.3. The molecule has 0 bridgehead atoms. The van der Waals surface area contributed by atoms with Crippen LogP contribution in [0, 0.1) is 0 Å². The molecule has 2 unspecified atom stereocenters. The van der Waals surface area contributed by atoms with Crippen molar-refractivity contribution < 1.29 is 64.3 Å². The molecule has 0 saturated carbocycles. The molecule has 0 aliphatic carbocycles. The SMILES string of the molecule is CC(C)(C)OC(=O)N1CCC(O)CC1.CC(C)(C)OC(=O)N1CCCC(O)C1.CN(C)CCCO.CN(C)CCO.CN(CCO)C(=O)OC(C)(C)C.CN1CCC(O)CC1.CN1CCCC(O)C1. The van der Waals surface area contributed by atoms with Crippen LogP contribution in [0.4, 0.5) is 14.4 Å². The fourth-order valence-corrected chi connectivity index (χ4v) is 6.12. The van der Waals surface area contributed by atoms with E-state index in [4.69, 9.17) is 39.7 Å². The molecule has 0 aromatic carbocycles. The Bertz CT molecular complexity index is 1250. The summed E-state index contributed by atoms with van der Waals surface area (Å²) in [4.78, 5) is 47.2. The van der Waals surface area contributed by atoms with Crippen molar-refractivity contribution in [3.63, 3.8) is 0 Å². The molecule has 0 radical (unpaired) electrons. The number of likely N-dealkylation sites (N-methyl/N-ethyl adjacent to an activating group) is 3. The lowest BCUT2D eigenvalue weighted by atomic mass is 10.1. The van der Waals surface area contributed by atoms with Crippen LogP contribution in [-0.4, -0.2) is 271 Å². The summed E-state index contributed by atoms with van der Waals surface area (Å²) in [6.07, 6.45) is 6.13. The normalized spacial score (nSPS) is 19.4. The van der Waals surface area contributed by atoms with Gasteiger partial charge in [0.2, 0.25) is 0 Å². The number of aliphatic hydroxyl groups excluding tert-OH is 7. The number of hydrogen-bond acceptors (Lipinski definition) is 17. The van der Waals surface area contributed by atoms with Crippen molar-refractivity contribution in [2.45, 2.75) is 161 Å². The van der Waals surface area contributed by atoms with Gasteiger partial charge in [0.25, 0.3) is 0 Å². The number of carbonyl (C=O) groups excluding carboxylic acids is 3. The highest BCUT2D eigenvalue weighted by molar-refractivity contribution is 5.69. The van der Waals surface area contributed by atoms with Gasteiger partial charge >= 0.3 is 18.3 Å². The highest BCUT2D eigenvalue weighted by Gasteiger charge is 2.27. The molecule has 20 heteroatoms. The van der Waals surface area contributed by atoms with Crippen molar-refractivity contribution in [2.75, 3.05) is 141 Å². The first-order chi connectivity index (χ1) is 31.7. The van der Waals surface area contributed by atoms with E-state index in [-0.39, 0.29) is 43.7 Å². The van der Waals surface area contributed by atoms with E-state index in [1.807, 2.05) is 81.7 Å². The third-order valence-corrected chi connectivity index (χ3v) is 9.90. The molecule has 0 aromatic heterocycles. The molecule has 414 valence electrons. The van der Waals surface area contributed by atoms with Gasteiger partial charge in [0.1, 0.15) is 16.8 Å². The number of hydrogen-bond donors (Lipinski definition) is 7. The summed E-state index contributed by atoms with van der Waals surface area (Å²) in [5.74, 6) is 0. The number of β-amino-alcohol motifs (C(OH)–C–C–N with tert-alkyl or cyclic N) is 2. The number of piperidine rings is 4. The Morgan fingerprint density at radius 2 is 0.884 bits per heavy atom. The zero-order valence-electron chi connectivity index (χ0n) is 46.3. The summed E-state index contributed by atoms with van der Waals surface area (Å²) in [5.41, 5.74) is -1.37. The van der Waals surface area contributed by atoms with Gasteiger partial charge in [-0.15, -0.1) is 0 Å². The molecule has 0 aromatic rings. The third-order valence-electron chi connectivity index (χ3n) is 9.90. The first-order valence-electron chi connectivity index (χ1n) is 24.9. The number of carbonyl (C=O) groups is 3. The Morgan fingerprint density at radius 3 is 1.19 bits per heavy atom. The van der Waals surface area contributed by atoms with Crippen LogP contribution in [0.1, 0.15) is 120 Å². The standard InChI is InChI=1S/2C10H19NO3.C8H17NO3.2C6H13NO.C5H13NO.C4H11NO/c1-10(2,3)14-9(13)11-6-4-8(12)5-7-11;1-10(2,3)14-9(13)11-6-4-5-8(12)7-11;1-8(2,3)12-7(11)9(4)5-6-10;1-7-4-2-6(8)3-5-7;1-7-4-2-3-6(8)5-7;1-6(2)4-3-5-7;1-5(2)3-4-6/h2*8,12H,4-7H2,1-3H3;10H,5-6H2,1-4H3;2*6,8H,2-5H2,1H3;7H,3-5H2,1-2H3;6H,3-4H2,1-2H3. The largest absolute Gasteiger partial charge is 0.444 e. The van der Waals surface area contributed by atoms with Crippen LogP contribution in [0.25, 0.3) is 0 Å². The van der Waals surface area contributed by atoms with Gasteiger partial charge < -0.3 is 84.3 Å². The summed E-state index contributed by atoms with van der Waals surface area (Å²) in [7, 11) is 13.6. The Labute approximate surface area is 418 Å².